The number of ether oxygens (including phenoxy) is 1. The van der Waals surface area contributed by atoms with Crippen LogP contribution >= 0.6 is 0 Å². The van der Waals surface area contributed by atoms with Crippen LogP contribution < -0.4 is 10.1 Å². The van der Waals surface area contributed by atoms with Crippen molar-refractivity contribution in [3.8, 4) is 5.75 Å². The van der Waals surface area contributed by atoms with Gasteiger partial charge in [0.25, 0.3) is 5.91 Å². The molecule has 0 saturated heterocycles. The number of hydrogen-bond donors (Lipinski definition) is 1. The van der Waals surface area contributed by atoms with Gasteiger partial charge in [-0.2, -0.15) is 5.10 Å². The Hall–Kier alpha value is -3.15. The van der Waals surface area contributed by atoms with E-state index in [1.807, 2.05) is 30.3 Å². The van der Waals surface area contributed by atoms with Crippen LogP contribution in [-0.4, -0.2) is 27.8 Å². The van der Waals surface area contributed by atoms with Crippen molar-refractivity contribution in [1.29, 1.82) is 0 Å². The predicted octanol–water partition coefficient (Wildman–Crippen LogP) is 2.67. The average molecular weight is 322 g/mol. The van der Waals surface area contributed by atoms with Gasteiger partial charge < -0.3 is 10.1 Å². The minimum atomic E-state index is -0.213. The number of nitrogens with one attached hydrogen (secondary N) is 1. The summed E-state index contributed by atoms with van der Waals surface area (Å²) < 4.78 is 6.95. The van der Waals surface area contributed by atoms with Crippen LogP contribution in [0.2, 0.25) is 0 Å². The van der Waals surface area contributed by atoms with E-state index >= 15 is 0 Å². The summed E-state index contributed by atoms with van der Waals surface area (Å²) in [6, 6.07) is 13.2. The van der Waals surface area contributed by atoms with Crippen LogP contribution in [0.5, 0.6) is 5.75 Å². The van der Waals surface area contributed by atoms with Crippen molar-refractivity contribution in [3.63, 3.8) is 0 Å². The molecule has 122 valence electrons. The third kappa shape index (κ3) is 3.43. The minimum Gasteiger partial charge on any atom is -0.496 e. The molecule has 0 aliphatic rings. The second kappa shape index (κ2) is 6.95. The fourth-order valence-electron chi connectivity index (χ4n) is 2.39. The highest BCUT2D eigenvalue weighted by molar-refractivity contribution is 6.03. The first kappa shape index (κ1) is 15.7. The summed E-state index contributed by atoms with van der Waals surface area (Å²) in [7, 11) is 3.42. The Morgan fingerprint density at radius 1 is 1.21 bits per heavy atom. The van der Waals surface area contributed by atoms with Crippen molar-refractivity contribution >= 4 is 11.7 Å². The molecule has 0 bridgehead atoms. The van der Waals surface area contributed by atoms with E-state index in [9.17, 15) is 4.79 Å². The lowest BCUT2D eigenvalue weighted by atomic mass is 10.1. The molecule has 0 unspecified atom stereocenters. The normalized spacial score (nSPS) is 10.4. The molecule has 6 nitrogen and oxygen atoms in total. The van der Waals surface area contributed by atoms with E-state index in [1.54, 1.807) is 43.4 Å². The third-order valence-electron chi connectivity index (χ3n) is 3.71. The van der Waals surface area contributed by atoms with Crippen molar-refractivity contribution in [2.24, 2.45) is 7.05 Å². The molecule has 3 aromatic rings. The lowest BCUT2D eigenvalue weighted by Gasteiger charge is -2.08. The fraction of sp³-hybridized carbons (Fsp3) is 0.167. The first-order chi connectivity index (χ1) is 11.7. The Kier molecular flexibility index (Phi) is 4.56. The van der Waals surface area contributed by atoms with Crippen molar-refractivity contribution in [3.05, 3.63) is 71.7 Å². The lowest BCUT2D eigenvalue weighted by molar-refractivity contribution is 0.102. The van der Waals surface area contributed by atoms with Gasteiger partial charge in [-0.15, -0.1) is 0 Å². The zero-order valence-electron chi connectivity index (χ0n) is 13.6. The van der Waals surface area contributed by atoms with Crippen molar-refractivity contribution in [2.75, 3.05) is 12.4 Å². The quantitative estimate of drug-likeness (QED) is 0.784. The van der Waals surface area contributed by atoms with E-state index in [0.717, 1.165) is 17.0 Å². The van der Waals surface area contributed by atoms with Crippen molar-refractivity contribution < 1.29 is 9.53 Å². The number of amides is 1. The van der Waals surface area contributed by atoms with Gasteiger partial charge in [0.15, 0.2) is 0 Å². The molecule has 3 rings (SSSR count). The van der Waals surface area contributed by atoms with Gasteiger partial charge in [-0.3, -0.25) is 14.5 Å². The Bertz CT molecular complexity index is 840. The standard InChI is InChI=1S/C18H18N4O2/c1-22-17(9-10-20-22)21-18(23)14-7-8-15(19-12-14)11-13-5-3-4-6-16(13)24-2/h3-10,12H,11H2,1-2H3,(H,21,23). The van der Waals surface area contributed by atoms with E-state index in [1.165, 1.54) is 0 Å². The van der Waals surface area contributed by atoms with Gasteiger partial charge in [0.1, 0.15) is 11.6 Å². The van der Waals surface area contributed by atoms with Gasteiger partial charge in [-0.1, -0.05) is 18.2 Å². The molecule has 0 atom stereocenters. The number of carbonyl (C=O) groups excluding carboxylic acids is 1. The summed E-state index contributed by atoms with van der Waals surface area (Å²) in [6.07, 6.45) is 3.86. The highest BCUT2D eigenvalue weighted by atomic mass is 16.5. The summed E-state index contributed by atoms with van der Waals surface area (Å²) in [5.74, 6) is 1.25. The molecule has 24 heavy (non-hydrogen) atoms. The number of aromatic nitrogens is 3. The Balaban J connectivity index is 1.71. The van der Waals surface area contributed by atoms with Gasteiger partial charge >= 0.3 is 0 Å². The first-order valence-electron chi connectivity index (χ1n) is 7.53. The fourth-order valence-corrected chi connectivity index (χ4v) is 2.39. The molecular formula is C18H18N4O2. The van der Waals surface area contributed by atoms with E-state index in [2.05, 4.69) is 15.4 Å². The zero-order valence-corrected chi connectivity index (χ0v) is 13.6. The van der Waals surface area contributed by atoms with Crippen LogP contribution in [0.15, 0.2) is 54.9 Å². The maximum atomic E-state index is 12.2. The molecule has 2 heterocycles. The van der Waals surface area contributed by atoms with Gasteiger partial charge in [0, 0.05) is 37.0 Å². The summed E-state index contributed by atoms with van der Waals surface area (Å²) >= 11 is 0. The molecule has 6 heteroatoms. The Morgan fingerprint density at radius 3 is 2.71 bits per heavy atom. The maximum Gasteiger partial charge on any atom is 0.258 e. The number of pyridine rings is 1. The number of hydrogen-bond acceptors (Lipinski definition) is 4. The lowest BCUT2D eigenvalue weighted by Crippen LogP contribution is -2.15. The van der Waals surface area contributed by atoms with Crippen LogP contribution in [0.4, 0.5) is 5.82 Å². The number of para-hydroxylation sites is 1. The molecule has 2 aromatic heterocycles. The largest absolute Gasteiger partial charge is 0.496 e. The molecule has 0 aliphatic heterocycles. The second-order valence-electron chi connectivity index (χ2n) is 5.32. The number of methoxy groups -OCH3 is 1. The maximum absolute atomic E-state index is 12.2. The first-order valence-corrected chi connectivity index (χ1v) is 7.53. The second-order valence-corrected chi connectivity index (χ2v) is 5.32. The highest BCUT2D eigenvalue weighted by Gasteiger charge is 2.10. The number of nitrogens with zero attached hydrogens (tertiary/aromatic N) is 3. The van der Waals surface area contributed by atoms with Crippen LogP contribution in [0.25, 0.3) is 0 Å². The summed E-state index contributed by atoms with van der Waals surface area (Å²) in [6.45, 7) is 0. The van der Waals surface area contributed by atoms with Crippen LogP contribution in [0.3, 0.4) is 0 Å². The van der Waals surface area contributed by atoms with Crippen LogP contribution in [0, 0.1) is 0 Å². The SMILES string of the molecule is COc1ccccc1Cc1ccc(C(=O)Nc2ccnn2C)cn1. The van der Waals surface area contributed by atoms with E-state index in [4.69, 9.17) is 4.74 Å². The smallest absolute Gasteiger partial charge is 0.258 e. The number of rotatable bonds is 5. The molecule has 0 aliphatic carbocycles. The van der Waals surface area contributed by atoms with Gasteiger partial charge in [0.05, 0.1) is 18.9 Å². The summed E-state index contributed by atoms with van der Waals surface area (Å²) in [5.41, 5.74) is 2.43. The Morgan fingerprint density at radius 2 is 2.04 bits per heavy atom. The number of benzene rings is 1. The van der Waals surface area contributed by atoms with E-state index in [0.29, 0.717) is 17.8 Å². The summed E-state index contributed by atoms with van der Waals surface area (Å²) in [5, 5.41) is 6.81. The van der Waals surface area contributed by atoms with Crippen LogP contribution in [-0.2, 0) is 13.5 Å². The highest BCUT2D eigenvalue weighted by Crippen LogP contribution is 2.20. The van der Waals surface area contributed by atoms with Crippen molar-refractivity contribution in [2.45, 2.75) is 6.42 Å². The molecule has 0 saturated carbocycles. The third-order valence-corrected chi connectivity index (χ3v) is 3.71. The number of anilines is 1. The molecule has 0 radical (unpaired) electrons. The molecule has 0 fully saturated rings. The van der Waals surface area contributed by atoms with Gasteiger partial charge in [0.2, 0.25) is 0 Å². The molecule has 1 aromatic carbocycles. The summed E-state index contributed by atoms with van der Waals surface area (Å²) in [4.78, 5) is 16.6. The van der Waals surface area contributed by atoms with Crippen LogP contribution in [0.1, 0.15) is 21.6 Å². The molecule has 1 amide bonds. The number of carbonyl (C=O) groups is 1. The predicted molar refractivity (Wildman–Crippen MR) is 91.2 cm³/mol. The number of aryl methyl sites for hydroxylation is 1. The van der Waals surface area contributed by atoms with E-state index in [-0.39, 0.29) is 5.91 Å². The zero-order chi connectivity index (χ0) is 16.9. The molecular weight excluding hydrogens is 304 g/mol. The van der Waals surface area contributed by atoms with E-state index < -0.39 is 0 Å². The topological polar surface area (TPSA) is 69.0 Å². The monoisotopic (exact) mass is 322 g/mol. The minimum absolute atomic E-state index is 0.213. The Labute approximate surface area is 140 Å². The van der Waals surface area contributed by atoms with Gasteiger partial charge in [-0.25, -0.2) is 0 Å². The molecule has 1 N–H and O–H groups in total. The average Bonchev–Trinajstić information content (AvgIpc) is 3.01. The van der Waals surface area contributed by atoms with Crippen molar-refractivity contribution in [1.82, 2.24) is 14.8 Å². The molecule has 0 spiro atoms. The van der Waals surface area contributed by atoms with Gasteiger partial charge in [-0.05, 0) is 18.2 Å².